The SMILES string of the molecule is Cc1nnc(Sc2nc(Cl)nc(C)c2[N+](=O)[O-])o1. The van der Waals surface area contributed by atoms with Crippen LogP contribution in [0, 0.1) is 24.0 Å². The zero-order chi connectivity index (χ0) is 13.3. The van der Waals surface area contributed by atoms with Gasteiger partial charge in [0.05, 0.1) is 4.92 Å². The van der Waals surface area contributed by atoms with Crippen molar-refractivity contribution in [1.29, 1.82) is 0 Å². The molecule has 0 atom stereocenters. The first-order valence-electron chi connectivity index (χ1n) is 4.64. The Bertz CT molecular complexity index is 617. The van der Waals surface area contributed by atoms with Crippen LogP contribution in [0.1, 0.15) is 11.6 Å². The summed E-state index contributed by atoms with van der Waals surface area (Å²) in [5, 5.41) is 18.4. The van der Waals surface area contributed by atoms with Crippen LogP contribution in [0.5, 0.6) is 0 Å². The normalized spacial score (nSPS) is 10.6. The summed E-state index contributed by atoms with van der Waals surface area (Å²) in [6.45, 7) is 3.10. The molecule has 0 aliphatic rings. The van der Waals surface area contributed by atoms with E-state index in [1.165, 1.54) is 6.92 Å². The quantitative estimate of drug-likeness (QED) is 0.366. The van der Waals surface area contributed by atoms with Gasteiger partial charge in [-0.1, -0.05) is 0 Å². The van der Waals surface area contributed by atoms with Crippen molar-refractivity contribution in [3.63, 3.8) is 0 Å². The maximum atomic E-state index is 11.0. The van der Waals surface area contributed by atoms with Crippen LogP contribution in [0.15, 0.2) is 14.7 Å². The minimum absolute atomic E-state index is 0.0705. The fourth-order valence-corrected chi connectivity index (χ4v) is 2.31. The minimum atomic E-state index is -0.572. The second-order valence-electron chi connectivity index (χ2n) is 3.18. The largest absolute Gasteiger partial charge is 0.416 e. The second-order valence-corrected chi connectivity index (χ2v) is 4.46. The van der Waals surface area contributed by atoms with Crippen molar-refractivity contribution in [3.05, 3.63) is 27.0 Å². The lowest BCUT2D eigenvalue weighted by Crippen LogP contribution is -2.00. The van der Waals surface area contributed by atoms with Gasteiger partial charge < -0.3 is 4.42 Å². The van der Waals surface area contributed by atoms with Gasteiger partial charge in [0.25, 0.3) is 5.22 Å². The summed E-state index contributed by atoms with van der Waals surface area (Å²) >= 11 is 6.55. The van der Waals surface area contributed by atoms with E-state index in [1.807, 2.05) is 0 Å². The molecule has 0 radical (unpaired) electrons. The molecule has 2 rings (SSSR count). The third kappa shape index (κ3) is 2.57. The molecule has 0 bridgehead atoms. The first kappa shape index (κ1) is 12.7. The number of rotatable bonds is 3. The standard InChI is InChI=1S/C8H6ClN5O3S/c1-3-5(14(15)16)6(11-7(9)10-3)18-8-13-12-4(2)17-8/h1-2H3. The number of hydrogen-bond acceptors (Lipinski definition) is 8. The number of aromatic nitrogens is 4. The predicted molar refractivity (Wildman–Crippen MR) is 61.6 cm³/mol. The molecule has 2 aromatic heterocycles. The molecule has 2 aromatic rings. The van der Waals surface area contributed by atoms with Gasteiger partial charge in [0.1, 0.15) is 5.69 Å². The number of nitro groups is 1. The van der Waals surface area contributed by atoms with Gasteiger partial charge in [-0.25, -0.2) is 9.97 Å². The van der Waals surface area contributed by atoms with Crippen LogP contribution in [0.3, 0.4) is 0 Å². The van der Waals surface area contributed by atoms with Crippen LogP contribution in [0.25, 0.3) is 0 Å². The monoisotopic (exact) mass is 287 g/mol. The van der Waals surface area contributed by atoms with E-state index in [0.717, 1.165) is 11.8 Å². The third-order valence-corrected chi connectivity index (χ3v) is 2.86. The van der Waals surface area contributed by atoms with Gasteiger partial charge in [0.15, 0.2) is 5.03 Å². The van der Waals surface area contributed by atoms with E-state index in [0.29, 0.717) is 5.89 Å². The molecule has 0 fully saturated rings. The van der Waals surface area contributed by atoms with Crippen LogP contribution in [0.4, 0.5) is 5.69 Å². The Morgan fingerprint density at radius 1 is 1.33 bits per heavy atom. The summed E-state index contributed by atoms with van der Waals surface area (Å²) in [5.74, 6) is 0.358. The van der Waals surface area contributed by atoms with Crippen LogP contribution < -0.4 is 0 Å². The van der Waals surface area contributed by atoms with Gasteiger partial charge in [0.2, 0.25) is 11.2 Å². The molecule has 8 nitrogen and oxygen atoms in total. The fourth-order valence-electron chi connectivity index (χ4n) is 1.19. The van der Waals surface area contributed by atoms with E-state index in [-0.39, 0.29) is 26.9 Å². The molecule has 0 aromatic carbocycles. The highest BCUT2D eigenvalue weighted by Gasteiger charge is 2.24. The summed E-state index contributed by atoms with van der Waals surface area (Å²) in [4.78, 5) is 17.9. The average molecular weight is 288 g/mol. The third-order valence-electron chi connectivity index (χ3n) is 1.87. The van der Waals surface area contributed by atoms with Crippen molar-refractivity contribution in [2.24, 2.45) is 0 Å². The first-order chi connectivity index (χ1) is 8.47. The molecule has 0 saturated carbocycles. The van der Waals surface area contributed by atoms with Crippen molar-refractivity contribution >= 4 is 29.1 Å². The van der Waals surface area contributed by atoms with Crippen LogP contribution in [0.2, 0.25) is 5.28 Å². The molecule has 18 heavy (non-hydrogen) atoms. The zero-order valence-electron chi connectivity index (χ0n) is 9.25. The molecule has 94 valence electrons. The van der Waals surface area contributed by atoms with Gasteiger partial charge in [-0.05, 0) is 30.3 Å². The molecule has 0 aliphatic heterocycles. The Kier molecular flexibility index (Phi) is 3.43. The molecule has 0 amide bonds. The molecule has 2 heterocycles. The van der Waals surface area contributed by atoms with Gasteiger partial charge in [-0.3, -0.25) is 10.1 Å². The zero-order valence-corrected chi connectivity index (χ0v) is 10.8. The van der Waals surface area contributed by atoms with Crippen molar-refractivity contribution in [1.82, 2.24) is 20.2 Å². The summed E-state index contributed by atoms with van der Waals surface area (Å²) in [6, 6.07) is 0. The van der Waals surface area contributed by atoms with Crippen LogP contribution in [-0.4, -0.2) is 25.1 Å². The number of aryl methyl sites for hydroxylation is 2. The Morgan fingerprint density at radius 3 is 2.61 bits per heavy atom. The van der Waals surface area contributed by atoms with Crippen molar-refractivity contribution in [3.8, 4) is 0 Å². The topological polar surface area (TPSA) is 108 Å². The fraction of sp³-hybridized carbons (Fsp3) is 0.250. The summed E-state index contributed by atoms with van der Waals surface area (Å²) in [7, 11) is 0. The highest BCUT2D eigenvalue weighted by Crippen LogP contribution is 2.34. The maximum Gasteiger partial charge on any atom is 0.322 e. The molecular weight excluding hydrogens is 282 g/mol. The molecule has 0 unspecified atom stereocenters. The molecule has 0 saturated heterocycles. The minimum Gasteiger partial charge on any atom is -0.416 e. The van der Waals surface area contributed by atoms with Gasteiger partial charge in [-0.2, -0.15) is 0 Å². The van der Waals surface area contributed by atoms with Crippen LogP contribution >= 0.6 is 23.4 Å². The summed E-state index contributed by atoms with van der Waals surface area (Å²) < 4.78 is 5.12. The van der Waals surface area contributed by atoms with Crippen molar-refractivity contribution < 1.29 is 9.34 Å². The highest BCUT2D eigenvalue weighted by molar-refractivity contribution is 7.99. The molecular formula is C8H6ClN5O3S. The van der Waals surface area contributed by atoms with Gasteiger partial charge in [0, 0.05) is 6.92 Å². The van der Waals surface area contributed by atoms with Gasteiger partial charge >= 0.3 is 5.69 Å². The molecule has 0 aliphatic carbocycles. The lowest BCUT2D eigenvalue weighted by atomic mass is 10.4. The average Bonchev–Trinajstić information content (AvgIpc) is 2.62. The smallest absolute Gasteiger partial charge is 0.322 e. The van der Waals surface area contributed by atoms with Gasteiger partial charge in [-0.15, -0.1) is 10.2 Å². The molecule has 0 N–H and O–H groups in total. The lowest BCUT2D eigenvalue weighted by molar-refractivity contribution is -0.389. The number of halogens is 1. The van der Waals surface area contributed by atoms with E-state index in [4.69, 9.17) is 16.0 Å². The summed E-state index contributed by atoms with van der Waals surface area (Å²) in [6.07, 6.45) is 0. The lowest BCUT2D eigenvalue weighted by Gasteiger charge is -2.01. The predicted octanol–water partition coefficient (Wildman–Crippen LogP) is 2.19. The van der Waals surface area contributed by atoms with E-state index < -0.39 is 4.92 Å². The van der Waals surface area contributed by atoms with E-state index in [2.05, 4.69) is 20.2 Å². The van der Waals surface area contributed by atoms with E-state index >= 15 is 0 Å². The van der Waals surface area contributed by atoms with E-state index in [1.54, 1.807) is 6.92 Å². The molecule has 10 heteroatoms. The Morgan fingerprint density at radius 2 is 2.06 bits per heavy atom. The number of hydrogen-bond donors (Lipinski definition) is 0. The molecule has 0 spiro atoms. The summed E-state index contributed by atoms with van der Waals surface area (Å²) in [5.41, 5.74) is -0.0426. The second kappa shape index (κ2) is 4.86. The Balaban J connectivity index is 2.45. The van der Waals surface area contributed by atoms with Crippen molar-refractivity contribution in [2.45, 2.75) is 24.1 Å². The number of nitrogens with zero attached hydrogens (tertiary/aromatic N) is 5. The van der Waals surface area contributed by atoms with Crippen molar-refractivity contribution in [2.75, 3.05) is 0 Å². The first-order valence-corrected chi connectivity index (χ1v) is 5.83. The highest BCUT2D eigenvalue weighted by atomic mass is 35.5. The van der Waals surface area contributed by atoms with E-state index in [9.17, 15) is 10.1 Å². The maximum absolute atomic E-state index is 11.0. The Labute approximate surface area is 110 Å². The van der Waals surface area contributed by atoms with Crippen LogP contribution in [-0.2, 0) is 0 Å². The Hall–Kier alpha value is -1.74.